The summed E-state index contributed by atoms with van der Waals surface area (Å²) >= 11 is 0. The van der Waals surface area contributed by atoms with E-state index in [0.717, 1.165) is 51.4 Å². The molecule has 0 saturated heterocycles. The maximum atomic E-state index is 2.58. The molecule has 0 spiro atoms. The van der Waals surface area contributed by atoms with Gasteiger partial charge in [-0.2, -0.15) is 0 Å². The van der Waals surface area contributed by atoms with E-state index >= 15 is 0 Å². The van der Waals surface area contributed by atoms with Gasteiger partial charge in [-0.05, 0) is 181 Å². The molecular formula is C76H58N2. The third-order valence-corrected chi connectivity index (χ3v) is 17.2. The number of nitrogens with zero attached hydrogens (tertiary/aromatic N) is 2. The van der Waals surface area contributed by atoms with Crippen LogP contribution in [-0.4, -0.2) is 0 Å². The van der Waals surface area contributed by atoms with Crippen molar-refractivity contribution in [1.82, 2.24) is 0 Å². The lowest BCUT2D eigenvalue weighted by atomic mass is 9.78. The highest BCUT2D eigenvalue weighted by atomic mass is 15.2. The van der Waals surface area contributed by atoms with E-state index in [9.17, 15) is 0 Å². The molecule has 0 fully saturated rings. The minimum Gasteiger partial charge on any atom is -0.313 e. The lowest BCUT2D eigenvalue weighted by Crippen LogP contribution is -2.20. The zero-order chi connectivity index (χ0) is 51.5. The van der Waals surface area contributed by atoms with Gasteiger partial charge < -0.3 is 9.80 Å². The quantitative estimate of drug-likeness (QED) is 0.133. The number of fused-ring (bicyclic) bond motifs is 10. The highest BCUT2D eigenvalue weighted by Crippen LogP contribution is 2.51. The Morgan fingerprint density at radius 1 is 0.308 bits per heavy atom. The van der Waals surface area contributed by atoms with Crippen molar-refractivity contribution in [2.45, 2.75) is 51.4 Å². The van der Waals surface area contributed by atoms with Crippen LogP contribution in [0.15, 0.2) is 254 Å². The second-order valence-corrected chi connectivity index (χ2v) is 21.5. The van der Waals surface area contributed by atoms with E-state index in [1.165, 1.54) is 144 Å². The van der Waals surface area contributed by atoms with Crippen LogP contribution in [0.3, 0.4) is 0 Å². The average Bonchev–Trinajstić information content (AvgIpc) is 3.71. The molecule has 0 amide bonds. The molecule has 11 aromatic carbocycles. The number of allylic oxidation sites excluding steroid dienone is 10. The number of hydrogen-bond acceptors (Lipinski definition) is 2. The predicted octanol–water partition coefficient (Wildman–Crippen LogP) is 20.8. The molecule has 0 atom stereocenters. The summed E-state index contributed by atoms with van der Waals surface area (Å²) in [4.78, 5) is 5.15. The van der Waals surface area contributed by atoms with E-state index in [-0.39, 0.29) is 0 Å². The molecule has 0 aliphatic heterocycles. The molecule has 4 aliphatic carbocycles. The Kier molecular flexibility index (Phi) is 11.5. The lowest BCUT2D eigenvalue weighted by molar-refractivity contribution is 0.925. The Hall–Kier alpha value is -9.24. The maximum absolute atomic E-state index is 2.58. The highest BCUT2D eigenvalue weighted by Gasteiger charge is 2.29. The zero-order valence-electron chi connectivity index (χ0n) is 43.8. The van der Waals surface area contributed by atoms with Gasteiger partial charge in [0.1, 0.15) is 0 Å². The van der Waals surface area contributed by atoms with Crippen LogP contribution in [0.1, 0.15) is 71.9 Å². The second-order valence-electron chi connectivity index (χ2n) is 21.5. The molecule has 0 saturated carbocycles. The third kappa shape index (κ3) is 7.77. The number of aryl methyl sites for hydroxylation is 2. The minimum atomic E-state index is 0.887. The van der Waals surface area contributed by atoms with E-state index in [2.05, 4.69) is 265 Å². The second kappa shape index (κ2) is 19.4. The monoisotopic (exact) mass is 998 g/mol. The molecule has 0 heterocycles. The van der Waals surface area contributed by atoms with Crippen molar-refractivity contribution in [3.63, 3.8) is 0 Å². The van der Waals surface area contributed by atoms with E-state index < -0.39 is 0 Å². The van der Waals surface area contributed by atoms with Gasteiger partial charge in [0, 0.05) is 33.3 Å². The van der Waals surface area contributed by atoms with E-state index in [1.54, 1.807) is 0 Å². The molecule has 4 aliphatic rings. The van der Waals surface area contributed by atoms with Crippen LogP contribution in [0.2, 0.25) is 0 Å². The average molecular weight is 999 g/mol. The summed E-state index contributed by atoms with van der Waals surface area (Å²) in [6.07, 6.45) is 27.1. The summed E-state index contributed by atoms with van der Waals surface area (Å²) in [5, 5.41) is 12.9. The minimum absolute atomic E-state index is 0.887. The van der Waals surface area contributed by atoms with E-state index in [0.29, 0.717) is 0 Å². The Bertz CT molecular complexity index is 4430. The number of benzene rings is 11. The van der Waals surface area contributed by atoms with Crippen molar-refractivity contribution in [1.29, 1.82) is 0 Å². The summed E-state index contributed by atoms with van der Waals surface area (Å²) in [7, 11) is 0. The molecule has 2 heteroatoms. The molecule has 15 rings (SSSR count). The van der Waals surface area contributed by atoms with Crippen molar-refractivity contribution < 1.29 is 0 Å². The van der Waals surface area contributed by atoms with Crippen LogP contribution >= 0.6 is 0 Å². The Morgan fingerprint density at radius 3 is 1.29 bits per heavy atom. The summed E-state index contributed by atoms with van der Waals surface area (Å²) < 4.78 is 0. The smallest absolute Gasteiger partial charge is 0.0537 e. The van der Waals surface area contributed by atoms with Crippen molar-refractivity contribution in [2.75, 3.05) is 9.80 Å². The predicted molar refractivity (Wildman–Crippen MR) is 335 cm³/mol. The largest absolute Gasteiger partial charge is 0.313 e. The lowest BCUT2D eigenvalue weighted by Gasteiger charge is -2.34. The van der Waals surface area contributed by atoms with Gasteiger partial charge in [0.2, 0.25) is 0 Å². The SMILES string of the molecule is C1=Cc2c(cccc2N(C2=CC=C(c3cc(-c4ccccc4)c(C4=CC=C(N(c5cccc6c5C=CCC6)c5cccc6ccccc56)CC4)c4c5ccccc5c5ccccc5c34)CC2)c2cccc3ccccc23)CC1. The molecule has 0 bridgehead atoms. The Morgan fingerprint density at radius 2 is 0.756 bits per heavy atom. The Labute approximate surface area is 457 Å². The van der Waals surface area contributed by atoms with Crippen molar-refractivity contribution in [3.05, 3.63) is 287 Å². The van der Waals surface area contributed by atoms with Crippen LogP contribution in [0.4, 0.5) is 22.7 Å². The molecule has 0 N–H and O–H groups in total. The summed E-state index contributed by atoms with van der Waals surface area (Å²) in [5.41, 5.74) is 21.0. The van der Waals surface area contributed by atoms with Crippen molar-refractivity contribution in [2.24, 2.45) is 0 Å². The fourth-order valence-corrected chi connectivity index (χ4v) is 13.6. The fourth-order valence-electron chi connectivity index (χ4n) is 13.6. The van der Waals surface area contributed by atoms with Gasteiger partial charge in [-0.1, -0.05) is 212 Å². The first-order valence-electron chi connectivity index (χ1n) is 28.1. The third-order valence-electron chi connectivity index (χ3n) is 17.2. The van der Waals surface area contributed by atoms with Crippen LogP contribution in [0.25, 0.3) is 88.3 Å². The molecule has 0 radical (unpaired) electrons. The first-order valence-corrected chi connectivity index (χ1v) is 28.1. The van der Waals surface area contributed by atoms with Gasteiger partial charge in [-0.25, -0.2) is 0 Å². The van der Waals surface area contributed by atoms with Gasteiger partial charge in [0.25, 0.3) is 0 Å². The first-order chi connectivity index (χ1) is 38.7. The van der Waals surface area contributed by atoms with Gasteiger partial charge in [-0.3, -0.25) is 0 Å². The van der Waals surface area contributed by atoms with Crippen LogP contribution in [0, 0.1) is 0 Å². The summed E-state index contributed by atoms with van der Waals surface area (Å²) in [6.45, 7) is 0. The maximum Gasteiger partial charge on any atom is 0.0537 e. The number of anilines is 4. The molecule has 0 unspecified atom stereocenters. The van der Waals surface area contributed by atoms with Crippen molar-refractivity contribution >= 4 is 99.9 Å². The first kappa shape index (κ1) is 46.1. The van der Waals surface area contributed by atoms with Gasteiger partial charge >= 0.3 is 0 Å². The molecule has 78 heavy (non-hydrogen) atoms. The molecule has 2 nitrogen and oxygen atoms in total. The topological polar surface area (TPSA) is 6.48 Å². The molecule has 0 aromatic heterocycles. The standard InChI is InChI=1S/C76H58N2/c1-2-20-55(21-3-1)68-50-69(56-42-46-58(47-43-56)77(70-38-16-26-51-22-4-8-30-60(51)70)71-39-17-27-52-23-5-9-31-61(52)71)75-66-36-14-12-34-64(66)65-35-13-15-37-67(65)76(75)74(68)57-44-48-59(49-45-57)78(72-40-18-28-53-24-6-10-32-62(53)72)73-41-19-29-54-25-7-11-33-63(54)73/h1-4,6,8-22,24,26-42,44,46,48,50H,5,7,23,25,43,45,47,49H2. The van der Waals surface area contributed by atoms with Gasteiger partial charge in [-0.15, -0.1) is 0 Å². The molecular weight excluding hydrogens is 941 g/mol. The van der Waals surface area contributed by atoms with E-state index in [1.807, 2.05) is 0 Å². The zero-order valence-corrected chi connectivity index (χ0v) is 43.8. The van der Waals surface area contributed by atoms with Crippen LogP contribution < -0.4 is 9.80 Å². The fraction of sp³-hybridized carbons (Fsp3) is 0.105. The summed E-state index contributed by atoms with van der Waals surface area (Å²) in [5.74, 6) is 0. The molecule has 372 valence electrons. The number of rotatable bonds is 9. The van der Waals surface area contributed by atoms with Gasteiger partial charge in [0.15, 0.2) is 0 Å². The number of hydrogen-bond donors (Lipinski definition) is 0. The van der Waals surface area contributed by atoms with E-state index in [4.69, 9.17) is 0 Å². The normalized spacial score (nSPS) is 15.0. The summed E-state index contributed by atoms with van der Waals surface area (Å²) in [6, 6.07) is 77.2. The van der Waals surface area contributed by atoms with Crippen molar-refractivity contribution in [3.8, 4) is 11.1 Å². The Balaban J connectivity index is 0.955. The highest BCUT2D eigenvalue weighted by molar-refractivity contribution is 6.30. The van der Waals surface area contributed by atoms with Gasteiger partial charge in [0.05, 0.1) is 22.7 Å². The van der Waals surface area contributed by atoms with Crippen LogP contribution in [0.5, 0.6) is 0 Å². The molecule has 11 aromatic rings. The van der Waals surface area contributed by atoms with Crippen LogP contribution in [-0.2, 0) is 12.8 Å².